The summed E-state index contributed by atoms with van der Waals surface area (Å²) in [5.41, 5.74) is 6.64. The highest BCUT2D eigenvalue weighted by Crippen LogP contribution is 2.11. The van der Waals surface area contributed by atoms with E-state index in [-0.39, 0.29) is 24.2 Å². The number of anilines is 2. The van der Waals surface area contributed by atoms with E-state index >= 15 is 0 Å². The first-order valence-corrected chi connectivity index (χ1v) is 6.40. The molecule has 1 heterocycles. The third-order valence-corrected chi connectivity index (χ3v) is 2.91. The molecule has 2 rings (SSSR count). The number of aromatic nitrogens is 2. The molecular formula is C14H18N4O2. The van der Waals surface area contributed by atoms with E-state index in [1.165, 1.54) is 4.57 Å². The number of imidazole rings is 1. The van der Waals surface area contributed by atoms with Gasteiger partial charge in [0.2, 0.25) is 5.91 Å². The molecule has 106 valence electrons. The zero-order valence-electron chi connectivity index (χ0n) is 11.5. The predicted octanol–water partition coefficient (Wildman–Crippen LogP) is 1.45. The molecule has 0 atom stereocenters. The van der Waals surface area contributed by atoms with Crippen LogP contribution in [0.15, 0.2) is 41.5 Å². The van der Waals surface area contributed by atoms with Crippen molar-refractivity contribution < 1.29 is 4.79 Å². The van der Waals surface area contributed by atoms with E-state index in [4.69, 9.17) is 5.73 Å². The molecule has 6 nitrogen and oxygen atoms in total. The summed E-state index contributed by atoms with van der Waals surface area (Å²) in [4.78, 5) is 23.9. The first kappa shape index (κ1) is 13.9. The van der Waals surface area contributed by atoms with Crippen LogP contribution in [0.2, 0.25) is 0 Å². The van der Waals surface area contributed by atoms with Crippen LogP contribution in [0, 0.1) is 0 Å². The van der Waals surface area contributed by atoms with Crippen LogP contribution in [0.4, 0.5) is 11.4 Å². The summed E-state index contributed by atoms with van der Waals surface area (Å²) in [7, 11) is 0. The zero-order chi connectivity index (χ0) is 14.7. The quantitative estimate of drug-likeness (QED) is 0.828. The number of nitrogens with two attached hydrogens (primary N) is 1. The number of rotatable bonds is 4. The maximum Gasteiger partial charge on any atom is 0.328 e. The highest BCUT2D eigenvalue weighted by Gasteiger charge is 2.09. The van der Waals surface area contributed by atoms with Crippen molar-refractivity contribution in [1.82, 2.24) is 9.13 Å². The van der Waals surface area contributed by atoms with Gasteiger partial charge in [0.25, 0.3) is 0 Å². The van der Waals surface area contributed by atoms with Crippen molar-refractivity contribution in [3.63, 3.8) is 0 Å². The molecule has 0 aliphatic heterocycles. The van der Waals surface area contributed by atoms with Crippen molar-refractivity contribution >= 4 is 17.3 Å². The molecule has 0 bridgehead atoms. The lowest BCUT2D eigenvalue weighted by Crippen LogP contribution is -2.29. The summed E-state index contributed by atoms with van der Waals surface area (Å²) < 4.78 is 2.95. The lowest BCUT2D eigenvalue weighted by atomic mass is 10.3. The van der Waals surface area contributed by atoms with E-state index in [0.29, 0.717) is 11.4 Å². The van der Waals surface area contributed by atoms with Gasteiger partial charge in [0.15, 0.2) is 0 Å². The molecule has 1 aromatic heterocycles. The molecule has 0 unspecified atom stereocenters. The van der Waals surface area contributed by atoms with Crippen molar-refractivity contribution in [2.75, 3.05) is 11.1 Å². The van der Waals surface area contributed by atoms with Crippen LogP contribution in [0.1, 0.15) is 19.9 Å². The second kappa shape index (κ2) is 5.64. The summed E-state index contributed by atoms with van der Waals surface area (Å²) in [6.45, 7) is 3.81. The predicted molar refractivity (Wildman–Crippen MR) is 78.6 cm³/mol. The van der Waals surface area contributed by atoms with Gasteiger partial charge in [-0.1, -0.05) is 6.07 Å². The second-order valence-corrected chi connectivity index (χ2v) is 4.88. The van der Waals surface area contributed by atoms with Crippen LogP contribution in [0.25, 0.3) is 0 Å². The number of benzene rings is 1. The summed E-state index contributed by atoms with van der Waals surface area (Å²) >= 11 is 0. The van der Waals surface area contributed by atoms with E-state index in [1.54, 1.807) is 41.2 Å². The number of nitrogen functional groups attached to an aromatic ring is 1. The number of carbonyl (C=O) groups is 1. The molecule has 0 saturated heterocycles. The Labute approximate surface area is 116 Å². The van der Waals surface area contributed by atoms with Gasteiger partial charge in [0.1, 0.15) is 6.54 Å². The average molecular weight is 274 g/mol. The molecule has 1 aromatic carbocycles. The van der Waals surface area contributed by atoms with Crippen molar-refractivity contribution in [3.05, 3.63) is 47.1 Å². The van der Waals surface area contributed by atoms with Crippen molar-refractivity contribution in [2.24, 2.45) is 0 Å². The monoisotopic (exact) mass is 274 g/mol. The van der Waals surface area contributed by atoms with E-state index < -0.39 is 0 Å². The fraction of sp³-hybridized carbons (Fsp3) is 0.286. The van der Waals surface area contributed by atoms with Crippen LogP contribution >= 0.6 is 0 Å². The minimum absolute atomic E-state index is 0.0205. The van der Waals surface area contributed by atoms with Crippen LogP contribution in [-0.4, -0.2) is 15.0 Å². The number of amides is 1. The summed E-state index contributed by atoms with van der Waals surface area (Å²) in [5, 5.41) is 2.71. The first-order valence-electron chi connectivity index (χ1n) is 6.40. The average Bonchev–Trinajstić information content (AvgIpc) is 2.71. The first-order chi connectivity index (χ1) is 9.47. The molecular weight excluding hydrogens is 256 g/mol. The minimum Gasteiger partial charge on any atom is -0.399 e. The van der Waals surface area contributed by atoms with Crippen molar-refractivity contribution in [3.8, 4) is 0 Å². The molecule has 2 aromatic rings. The maximum atomic E-state index is 12.0. The smallest absolute Gasteiger partial charge is 0.328 e. The Kier molecular flexibility index (Phi) is 3.93. The normalized spacial score (nSPS) is 10.8. The van der Waals surface area contributed by atoms with E-state index in [0.717, 1.165) is 0 Å². The molecule has 20 heavy (non-hydrogen) atoms. The summed E-state index contributed by atoms with van der Waals surface area (Å²) in [6, 6.07) is 6.98. The fourth-order valence-electron chi connectivity index (χ4n) is 1.91. The Bertz CT molecular complexity index is 670. The Hall–Kier alpha value is -2.50. The van der Waals surface area contributed by atoms with Crippen LogP contribution < -0.4 is 16.7 Å². The molecule has 0 aliphatic carbocycles. The zero-order valence-corrected chi connectivity index (χ0v) is 11.5. The minimum atomic E-state index is -0.265. The van der Waals surface area contributed by atoms with Crippen molar-refractivity contribution in [2.45, 2.75) is 26.4 Å². The third kappa shape index (κ3) is 3.09. The number of nitrogens with one attached hydrogen (secondary N) is 1. The van der Waals surface area contributed by atoms with Gasteiger partial charge in [-0.2, -0.15) is 0 Å². The lowest BCUT2D eigenvalue weighted by molar-refractivity contribution is -0.116. The molecule has 0 aliphatic rings. The summed E-state index contributed by atoms with van der Waals surface area (Å²) in [5.74, 6) is -0.265. The molecule has 0 fully saturated rings. The highest BCUT2D eigenvalue weighted by molar-refractivity contribution is 5.90. The van der Waals surface area contributed by atoms with Gasteiger partial charge in [-0.25, -0.2) is 4.79 Å². The molecule has 0 saturated carbocycles. The van der Waals surface area contributed by atoms with Gasteiger partial charge in [-0.3, -0.25) is 13.9 Å². The molecule has 3 N–H and O–H groups in total. The van der Waals surface area contributed by atoms with Crippen LogP contribution in [0.3, 0.4) is 0 Å². The molecule has 0 radical (unpaired) electrons. The van der Waals surface area contributed by atoms with Gasteiger partial charge in [-0.15, -0.1) is 0 Å². The van der Waals surface area contributed by atoms with Crippen LogP contribution in [-0.2, 0) is 11.3 Å². The fourth-order valence-corrected chi connectivity index (χ4v) is 1.91. The highest BCUT2D eigenvalue weighted by atomic mass is 16.2. The standard InChI is InChI=1S/C14H18N4O2/c1-10(2)18-7-6-17(14(18)20)9-13(19)16-12-5-3-4-11(15)8-12/h3-8,10H,9,15H2,1-2H3,(H,16,19). The van der Waals surface area contributed by atoms with Gasteiger partial charge in [0, 0.05) is 29.8 Å². The third-order valence-electron chi connectivity index (χ3n) is 2.91. The number of carbonyl (C=O) groups excluding carboxylic acids is 1. The Balaban J connectivity index is 2.07. The van der Waals surface area contributed by atoms with E-state index in [1.807, 2.05) is 13.8 Å². The maximum absolute atomic E-state index is 12.0. The van der Waals surface area contributed by atoms with E-state index in [2.05, 4.69) is 5.32 Å². The van der Waals surface area contributed by atoms with Gasteiger partial charge in [0.05, 0.1) is 0 Å². The molecule has 1 amide bonds. The van der Waals surface area contributed by atoms with Gasteiger partial charge >= 0.3 is 5.69 Å². The van der Waals surface area contributed by atoms with E-state index in [9.17, 15) is 9.59 Å². The molecule has 6 heteroatoms. The van der Waals surface area contributed by atoms with Crippen LogP contribution in [0.5, 0.6) is 0 Å². The number of hydrogen-bond donors (Lipinski definition) is 2. The molecule has 0 spiro atoms. The topological polar surface area (TPSA) is 82.1 Å². The summed E-state index contributed by atoms with van der Waals surface area (Å²) in [6.07, 6.45) is 3.29. The Morgan fingerprint density at radius 3 is 2.70 bits per heavy atom. The number of hydrogen-bond acceptors (Lipinski definition) is 3. The second-order valence-electron chi connectivity index (χ2n) is 4.88. The van der Waals surface area contributed by atoms with Crippen molar-refractivity contribution in [1.29, 1.82) is 0 Å². The largest absolute Gasteiger partial charge is 0.399 e. The Morgan fingerprint density at radius 1 is 1.35 bits per heavy atom. The lowest BCUT2D eigenvalue weighted by Gasteiger charge is -2.07. The SMILES string of the molecule is CC(C)n1ccn(CC(=O)Nc2cccc(N)c2)c1=O. The van der Waals surface area contributed by atoms with Gasteiger partial charge < -0.3 is 11.1 Å². The number of nitrogens with zero attached hydrogens (tertiary/aromatic N) is 2. The van der Waals surface area contributed by atoms with Gasteiger partial charge in [-0.05, 0) is 32.0 Å². The Morgan fingerprint density at radius 2 is 2.10 bits per heavy atom.